The number of ether oxygens (including phenoxy) is 2. The average molecular weight is 507 g/mol. The molecule has 1 aromatic heterocycles. The predicted octanol–water partition coefficient (Wildman–Crippen LogP) is 3.97. The van der Waals surface area contributed by atoms with Gasteiger partial charge in [0.1, 0.15) is 6.17 Å². The van der Waals surface area contributed by atoms with Gasteiger partial charge in [-0.1, -0.05) is 6.08 Å². The summed E-state index contributed by atoms with van der Waals surface area (Å²) in [5.41, 5.74) is 4.88. The first kappa shape index (κ1) is 24.5. The van der Waals surface area contributed by atoms with E-state index in [4.69, 9.17) is 14.5 Å². The number of piperidine rings is 1. The van der Waals surface area contributed by atoms with Crippen LogP contribution < -0.4 is 4.74 Å². The van der Waals surface area contributed by atoms with Crippen molar-refractivity contribution in [3.05, 3.63) is 52.9 Å². The zero-order chi connectivity index (χ0) is 25.4. The number of halogens is 1. The molecular formula is C29H35FN4O3. The molecular weight excluding hydrogens is 471 g/mol. The van der Waals surface area contributed by atoms with Crippen LogP contribution in [-0.2, 0) is 9.53 Å². The van der Waals surface area contributed by atoms with Crippen LogP contribution in [0.25, 0.3) is 5.57 Å². The van der Waals surface area contributed by atoms with E-state index >= 15 is 0 Å². The number of carbonyl (C=O) groups is 1. The van der Waals surface area contributed by atoms with Gasteiger partial charge >= 0.3 is 0 Å². The van der Waals surface area contributed by atoms with Crippen LogP contribution in [0.3, 0.4) is 0 Å². The Labute approximate surface area is 217 Å². The van der Waals surface area contributed by atoms with Crippen LogP contribution in [-0.4, -0.2) is 85.6 Å². The maximum atomic E-state index is 13.4. The number of hydrogen-bond donors (Lipinski definition) is 0. The van der Waals surface area contributed by atoms with E-state index in [9.17, 15) is 9.18 Å². The van der Waals surface area contributed by atoms with E-state index in [1.165, 1.54) is 0 Å². The lowest BCUT2D eigenvalue weighted by Crippen LogP contribution is -2.41. The quantitative estimate of drug-likeness (QED) is 0.546. The third kappa shape index (κ3) is 4.55. The number of alkyl halides is 1. The molecule has 1 atom stereocenters. The third-order valence-electron chi connectivity index (χ3n) is 8.51. The molecule has 0 aromatic carbocycles. The van der Waals surface area contributed by atoms with Crippen molar-refractivity contribution < 1.29 is 18.7 Å². The molecule has 196 valence electrons. The number of pyridine rings is 1. The van der Waals surface area contributed by atoms with Crippen molar-refractivity contribution in [3.8, 4) is 5.88 Å². The van der Waals surface area contributed by atoms with Crippen molar-refractivity contribution in [1.29, 1.82) is 0 Å². The molecule has 2 fully saturated rings. The van der Waals surface area contributed by atoms with Crippen molar-refractivity contribution in [2.75, 3.05) is 46.5 Å². The third-order valence-corrected chi connectivity index (χ3v) is 8.51. The van der Waals surface area contributed by atoms with E-state index in [1.807, 2.05) is 25.5 Å². The van der Waals surface area contributed by atoms with Crippen molar-refractivity contribution >= 4 is 17.7 Å². The molecule has 0 radical (unpaired) electrons. The van der Waals surface area contributed by atoms with Crippen molar-refractivity contribution in [2.24, 2.45) is 10.4 Å². The van der Waals surface area contributed by atoms with Crippen LogP contribution in [0, 0.1) is 5.41 Å². The number of carbonyl (C=O) groups excluding carboxylic acids is 1. The van der Waals surface area contributed by atoms with Crippen LogP contribution in [0.4, 0.5) is 4.39 Å². The van der Waals surface area contributed by atoms with Crippen LogP contribution in [0.1, 0.15) is 44.1 Å². The highest BCUT2D eigenvalue weighted by atomic mass is 19.1. The Kier molecular flexibility index (Phi) is 6.71. The summed E-state index contributed by atoms with van der Waals surface area (Å²) in [6.07, 6.45) is 12.0. The lowest BCUT2D eigenvalue weighted by Gasteiger charge is -2.37. The van der Waals surface area contributed by atoms with Gasteiger partial charge in [0, 0.05) is 58.4 Å². The molecule has 1 unspecified atom stereocenters. The molecule has 6 rings (SSSR count). The Morgan fingerprint density at radius 1 is 1.22 bits per heavy atom. The molecule has 7 nitrogen and oxygen atoms in total. The molecule has 5 heterocycles. The molecule has 1 amide bonds. The number of aromatic nitrogens is 1. The van der Waals surface area contributed by atoms with Gasteiger partial charge in [0.2, 0.25) is 11.8 Å². The van der Waals surface area contributed by atoms with Gasteiger partial charge in [0.25, 0.3) is 0 Å². The monoisotopic (exact) mass is 506 g/mol. The van der Waals surface area contributed by atoms with Gasteiger partial charge < -0.3 is 19.3 Å². The minimum atomic E-state index is -0.634. The van der Waals surface area contributed by atoms with Crippen molar-refractivity contribution in [3.63, 3.8) is 0 Å². The van der Waals surface area contributed by atoms with E-state index in [0.717, 1.165) is 60.5 Å². The fourth-order valence-electron chi connectivity index (χ4n) is 6.37. The van der Waals surface area contributed by atoms with Gasteiger partial charge in [-0.15, -0.1) is 0 Å². The summed E-state index contributed by atoms with van der Waals surface area (Å²) in [6.45, 7) is 4.41. The normalized spacial score (nSPS) is 25.7. The predicted molar refractivity (Wildman–Crippen MR) is 140 cm³/mol. The molecule has 37 heavy (non-hydrogen) atoms. The topological polar surface area (TPSA) is 67.3 Å². The fraction of sp³-hybridized carbons (Fsp3) is 0.552. The summed E-state index contributed by atoms with van der Waals surface area (Å²) in [5, 5.41) is 0. The number of allylic oxidation sites excluding steroid dienone is 3. The molecule has 1 spiro atoms. The van der Waals surface area contributed by atoms with Gasteiger partial charge in [0.05, 0.1) is 23.8 Å². The summed E-state index contributed by atoms with van der Waals surface area (Å²) in [6, 6.07) is 4.02. The van der Waals surface area contributed by atoms with E-state index in [1.54, 1.807) is 4.90 Å². The second kappa shape index (κ2) is 10.1. The Hall–Kier alpha value is -2.84. The molecule has 0 N–H and O–H groups in total. The first-order chi connectivity index (χ1) is 18.0. The maximum Gasteiger partial charge on any atom is 0.237 e. The highest BCUT2D eigenvalue weighted by molar-refractivity contribution is 6.02. The first-order valence-corrected chi connectivity index (χ1v) is 13.6. The Bertz CT molecular complexity index is 1160. The van der Waals surface area contributed by atoms with E-state index in [-0.39, 0.29) is 11.9 Å². The minimum absolute atomic E-state index is 0.0489. The molecule has 8 heteroatoms. The number of rotatable bonds is 6. The number of amides is 1. The van der Waals surface area contributed by atoms with Crippen molar-refractivity contribution in [1.82, 2.24) is 14.8 Å². The van der Waals surface area contributed by atoms with Gasteiger partial charge in [0.15, 0.2) is 0 Å². The summed E-state index contributed by atoms with van der Waals surface area (Å²) in [7, 11) is 1.86. The number of hydrogen-bond acceptors (Lipinski definition) is 6. The fourth-order valence-corrected chi connectivity index (χ4v) is 6.37. The smallest absolute Gasteiger partial charge is 0.237 e. The summed E-state index contributed by atoms with van der Waals surface area (Å²) < 4.78 is 24.8. The van der Waals surface area contributed by atoms with E-state index < -0.39 is 11.6 Å². The molecule has 0 saturated carbocycles. The molecule has 4 aliphatic heterocycles. The van der Waals surface area contributed by atoms with Crippen LogP contribution in [0.15, 0.2) is 52.3 Å². The largest absolute Gasteiger partial charge is 0.478 e. The standard InChI is InChI=1S/C29H35FN4O3/c1-33-25-19-31-24-5-3-20(17-23(24)27(25)29(28(33)35)9-15-36-16-10-29)21-4-6-26(32-18-21)37-14-2-11-34-12-7-22(30)8-13-34/h3-4,6,17-19,22,24H,2,5,7-16H2,1H3. The van der Waals surface area contributed by atoms with Gasteiger partial charge in [-0.2, -0.15) is 0 Å². The minimum Gasteiger partial charge on any atom is -0.478 e. The second-order valence-corrected chi connectivity index (χ2v) is 10.7. The highest BCUT2D eigenvalue weighted by Crippen LogP contribution is 2.53. The SMILES string of the molecule is CN1C(=O)C2(CCOCC2)C2=C1C=NC1CC=C(c3ccc(OCCCN4CCC(F)CC4)nc3)C=C21. The van der Waals surface area contributed by atoms with E-state index in [2.05, 4.69) is 28.1 Å². The average Bonchev–Trinajstić information content (AvgIpc) is 3.14. The number of nitrogens with zero attached hydrogens (tertiary/aromatic N) is 4. The lowest BCUT2D eigenvalue weighted by molar-refractivity contribution is -0.138. The van der Waals surface area contributed by atoms with Gasteiger partial charge in [-0.05, 0) is 73.0 Å². The molecule has 5 aliphatic rings. The van der Waals surface area contributed by atoms with Crippen LogP contribution in [0.2, 0.25) is 0 Å². The second-order valence-electron chi connectivity index (χ2n) is 10.7. The number of fused-ring (bicyclic) bond motifs is 3. The Morgan fingerprint density at radius 3 is 2.78 bits per heavy atom. The highest BCUT2D eigenvalue weighted by Gasteiger charge is 2.54. The summed E-state index contributed by atoms with van der Waals surface area (Å²) in [5.74, 6) is 0.782. The first-order valence-electron chi connectivity index (χ1n) is 13.6. The molecule has 0 bridgehead atoms. The summed E-state index contributed by atoms with van der Waals surface area (Å²) >= 11 is 0. The molecule has 2 saturated heterocycles. The van der Waals surface area contributed by atoms with Gasteiger partial charge in [-0.3, -0.25) is 9.79 Å². The summed E-state index contributed by atoms with van der Waals surface area (Å²) in [4.78, 5) is 26.9. The molecule has 1 aromatic rings. The Balaban J connectivity index is 1.13. The zero-order valence-electron chi connectivity index (χ0n) is 21.5. The number of likely N-dealkylation sites (tertiary alicyclic amines) is 1. The van der Waals surface area contributed by atoms with Crippen LogP contribution >= 0.6 is 0 Å². The van der Waals surface area contributed by atoms with Crippen LogP contribution in [0.5, 0.6) is 5.88 Å². The molecule has 1 aliphatic carbocycles. The zero-order valence-corrected chi connectivity index (χ0v) is 21.5. The Morgan fingerprint density at radius 2 is 2.03 bits per heavy atom. The number of aliphatic imine (C=N–C) groups is 1. The van der Waals surface area contributed by atoms with Gasteiger partial charge in [-0.25, -0.2) is 9.37 Å². The lowest BCUT2D eigenvalue weighted by atomic mass is 9.68. The number of dihydropyridines is 1. The van der Waals surface area contributed by atoms with E-state index in [0.29, 0.717) is 51.4 Å². The van der Waals surface area contributed by atoms with Crippen molar-refractivity contribution in [2.45, 2.75) is 50.7 Å². The maximum absolute atomic E-state index is 13.4.